The van der Waals surface area contributed by atoms with Gasteiger partial charge in [-0.1, -0.05) is 24.3 Å². The second-order valence-corrected chi connectivity index (χ2v) is 3.87. The molecule has 1 heterocycles. The number of aromatic nitrogens is 2. The number of fused-ring (bicyclic) bond motifs is 1. The van der Waals surface area contributed by atoms with Gasteiger partial charge in [-0.2, -0.15) is 0 Å². The lowest BCUT2D eigenvalue weighted by atomic mass is 10.1. The quantitative estimate of drug-likeness (QED) is 0.868. The Morgan fingerprint density at radius 1 is 1.28 bits per heavy atom. The van der Waals surface area contributed by atoms with Crippen LogP contribution in [0.15, 0.2) is 36.7 Å². The Hall–Kier alpha value is -2.69. The summed E-state index contributed by atoms with van der Waals surface area (Å²) in [5.41, 5.74) is 1.69. The van der Waals surface area contributed by atoms with Crippen molar-refractivity contribution in [1.29, 1.82) is 0 Å². The van der Waals surface area contributed by atoms with Crippen LogP contribution in [-0.4, -0.2) is 26.4 Å². The molecule has 1 aliphatic carbocycles. The third-order valence-electron chi connectivity index (χ3n) is 2.82. The highest BCUT2D eigenvalue weighted by atomic mass is 16.4. The van der Waals surface area contributed by atoms with Gasteiger partial charge in [-0.15, -0.1) is 0 Å². The number of rotatable bonds is 2. The minimum atomic E-state index is -1.16. The molecule has 0 unspecified atom stereocenters. The van der Waals surface area contributed by atoms with Crippen LogP contribution in [0, 0.1) is 0 Å². The van der Waals surface area contributed by atoms with E-state index in [2.05, 4.69) is 4.98 Å². The van der Waals surface area contributed by atoms with Crippen molar-refractivity contribution < 1.29 is 14.7 Å². The average Bonchev–Trinajstić information content (AvgIpc) is 2.94. The Morgan fingerprint density at radius 3 is 2.78 bits per heavy atom. The van der Waals surface area contributed by atoms with Crippen LogP contribution >= 0.6 is 0 Å². The van der Waals surface area contributed by atoms with Gasteiger partial charge in [0.15, 0.2) is 0 Å². The first-order valence-corrected chi connectivity index (χ1v) is 5.31. The fourth-order valence-corrected chi connectivity index (χ4v) is 2.02. The molecular weight excluding hydrogens is 232 g/mol. The molecule has 0 spiro atoms. The van der Waals surface area contributed by atoms with Gasteiger partial charge in [0.1, 0.15) is 0 Å². The van der Waals surface area contributed by atoms with Crippen LogP contribution < -0.4 is 0 Å². The van der Waals surface area contributed by atoms with E-state index < -0.39 is 5.97 Å². The van der Waals surface area contributed by atoms with Gasteiger partial charge in [0.2, 0.25) is 11.6 Å². The molecule has 0 atom stereocenters. The standard InChI is InChI=1S/C13H8N2O3/c16-11-9-4-2-1-3-8(9)7-10(11)15-6-5-14-12(15)13(17)18/h1-7H,(H,17,18). The predicted molar refractivity (Wildman–Crippen MR) is 64.1 cm³/mol. The van der Waals surface area contributed by atoms with Crippen molar-refractivity contribution in [3.8, 4) is 0 Å². The summed E-state index contributed by atoms with van der Waals surface area (Å²) in [4.78, 5) is 26.9. The van der Waals surface area contributed by atoms with Crippen molar-refractivity contribution >= 4 is 23.5 Å². The molecule has 0 fully saturated rings. The Bertz CT molecular complexity index is 698. The van der Waals surface area contributed by atoms with Crippen molar-refractivity contribution in [3.63, 3.8) is 0 Å². The molecule has 0 amide bonds. The molecule has 5 heteroatoms. The van der Waals surface area contributed by atoms with Crippen LogP contribution in [0.2, 0.25) is 0 Å². The normalized spacial score (nSPS) is 13.3. The number of hydrogen-bond acceptors (Lipinski definition) is 3. The van der Waals surface area contributed by atoms with E-state index >= 15 is 0 Å². The average molecular weight is 240 g/mol. The van der Waals surface area contributed by atoms with Gasteiger partial charge in [-0.05, 0) is 11.6 Å². The highest BCUT2D eigenvalue weighted by Crippen LogP contribution is 2.28. The topological polar surface area (TPSA) is 72.2 Å². The summed E-state index contributed by atoms with van der Waals surface area (Å²) in [6.45, 7) is 0. The Morgan fingerprint density at radius 2 is 2.06 bits per heavy atom. The van der Waals surface area contributed by atoms with Gasteiger partial charge < -0.3 is 5.11 Å². The van der Waals surface area contributed by atoms with Crippen molar-refractivity contribution in [2.45, 2.75) is 0 Å². The van der Waals surface area contributed by atoms with Crippen LogP contribution in [0.3, 0.4) is 0 Å². The van der Waals surface area contributed by atoms with E-state index in [9.17, 15) is 9.59 Å². The number of nitrogens with zero attached hydrogens (tertiary/aromatic N) is 2. The predicted octanol–water partition coefficient (Wildman–Crippen LogP) is 1.78. The first-order chi connectivity index (χ1) is 8.68. The minimum absolute atomic E-state index is 0.164. The number of benzene rings is 1. The molecule has 18 heavy (non-hydrogen) atoms. The van der Waals surface area contributed by atoms with E-state index in [-0.39, 0.29) is 11.6 Å². The number of imidazole rings is 1. The van der Waals surface area contributed by atoms with Crippen molar-refractivity contribution in [2.75, 3.05) is 0 Å². The highest BCUT2D eigenvalue weighted by Gasteiger charge is 2.26. The number of carbonyl (C=O) groups excluding carboxylic acids is 1. The third kappa shape index (κ3) is 1.37. The van der Waals surface area contributed by atoms with Gasteiger partial charge >= 0.3 is 5.97 Å². The Labute approximate surface area is 102 Å². The van der Waals surface area contributed by atoms with Gasteiger partial charge in [-0.3, -0.25) is 9.36 Å². The lowest BCUT2D eigenvalue weighted by Gasteiger charge is -2.04. The summed E-state index contributed by atoms with van der Waals surface area (Å²) in [5, 5.41) is 9.00. The van der Waals surface area contributed by atoms with Crippen LogP contribution in [-0.2, 0) is 0 Å². The molecule has 1 N–H and O–H groups in total. The van der Waals surface area contributed by atoms with Crippen LogP contribution in [0.5, 0.6) is 0 Å². The summed E-state index contributed by atoms with van der Waals surface area (Å²) in [6, 6.07) is 7.15. The molecule has 0 saturated carbocycles. The number of hydrogen-bond donors (Lipinski definition) is 1. The maximum atomic E-state index is 12.2. The minimum Gasteiger partial charge on any atom is -0.475 e. The maximum Gasteiger partial charge on any atom is 0.372 e. The lowest BCUT2D eigenvalue weighted by Crippen LogP contribution is -2.12. The molecule has 3 rings (SSSR count). The van der Waals surface area contributed by atoms with Crippen molar-refractivity contribution in [3.05, 3.63) is 53.6 Å². The summed E-state index contributed by atoms with van der Waals surface area (Å²) < 4.78 is 1.30. The summed E-state index contributed by atoms with van der Waals surface area (Å²) in [7, 11) is 0. The number of carboxylic acid groups (broad SMARTS) is 1. The lowest BCUT2D eigenvalue weighted by molar-refractivity contribution is 0.0682. The molecule has 1 aromatic carbocycles. The van der Waals surface area contributed by atoms with Gasteiger partial charge in [0.05, 0.1) is 5.70 Å². The molecule has 1 aromatic heterocycles. The molecule has 2 aromatic rings. The Balaban J connectivity index is 2.14. The smallest absolute Gasteiger partial charge is 0.372 e. The zero-order chi connectivity index (χ0) is 12.7. The zero-order valence-corrected chi connectivity index (χ0v) is 9.20. The highest BCUT2D eigenvalue weighted by molar-refractivity contribution is 6.33. The van der Waals surface area contributed by atoms with E-state index in [0.29, 0.717) is 11.3 Å². The van der Waals surface area contributed by atoms with Crippen LogP contribution in [0.4, 0.5) is 0 Å². The molecule has 0 aliphatic heterocycles. The number of Topliss-reactive ketones (excluding diaryl/α,β-unsaturated/α-hetero) is 1. The van der Waals surface area contributed by atoms with E-state index in [1.807, 2.05) is 12.1 Å². The van der Waals surface area contributed by atoms with E-state index in [4.69, 9.17) is 5.11 Å². The second-order valence-electron chi connectivity index (χ2n) is 3.87. The number of ketones is 1. The van der Waals surface area contributed by atoms with Gasteiger partial charge in [-0.25, -0.2) is 9.78 Å². The van der Waals surface area contributed by atoms with Crippen molar-refractivity contribution in [2.24, 2.45) is 0 Å². The van der Waals surface area contributed by atoms with Gasteiger partial charge in [0, 0.05) is 18.0 Å². The number of carboxylic acids is 1. The monoisotopic (exact) mass is 240 g/mol. The fraction of sp³-hybridized carbons (Fsp3) is 0. The number of allylic oxidation sites excluding steroid dienone is 1. The Kier molecular flexibility index (Phi) is 2.13. The van der Waals surface area contributed by atoms with Crippen molar-refractivity contribution in [1.82, 2.24) is 9.55 Å². The fourth-order valence-electron chi connectivity index (χ4n) is 2.02. The SMILES string of the molecule is O=C1C(n2ccnc2C(=O)O)=Cc2ccccc21. The maximum absolute atomic E-state index is 12.2. The molecular formula is C13H8N2O3. The first-order valence-electron chi connectivity index (χ1n) is 5.31. The molecule has 0 saturated heterocycles. The molecule has 1 aliphatic rings. The summed E-state index contributed by atoms with van der Waals surface area (Å²) >= 11 is 0. The van der Waals surface area contributed by atoms with Crippen LogP contribution in [0.1, 0.15) is 26.5 Å². The number of carbonyl (C=O) groups is 2. The largest absolute Gasteiger partial charge is 0.475 e. The summed E-state index contributed by atoms with van der Waals surface area (Å²) in [6.07, 6.45) is 4.51. The first kappa shape index (κ1) is 10.5. The van der Waals surface area contributed by atoms with Crippen LogP contribution in [0.25, 0.3) is 11.8 Å². The molecule has 88 valence electrons. The number of aromatic carboxylic acids is 1. The van der Waals surface area contributed by atoms with E-state index in [1.165, 1.54) is 17.0 Å². The molecule has 5 nitrogen and oxygen atoms in total. The summed E-state index contributed by atoms with van der Waals surface area (Å²) in [5.74, 6) is -1.52. The molecule has 0 bridgehead atoms. The zero-order valence-electron chi connectivity index (χ0n) is 9.20. The second kappa shape index (κ2) is 3.66. The van der Waals surface area contributed by atoms with E-state index in [0.717, 1.165) is 5.56 Å². The molecule has 0 radical (unpaired) electrons. The third-order valence-corrected chi connectivity index (χ3v) is 2.82. The van der Waals surface area contributed by atoms with Gasteiger partial charge in [0.25, 0.3) is 0 Å². The van der Waals surface area contributed by atoms with E-state index in [1.54, 1.807) is 18.2 Å².